The molecular formula is C15H9BrFNO. The van der Waals surface area contributed by atoms with Crippen molar-refractivity contribution in [2.45, 2.75) is 0 Å². The lowest BCUT2D eigenvalue weighted by molar-refractivity contribution is 0.443. The van der Waals surface area contributed by atoms with Crippen molar-refractivity contribution >= 4 is 26.7 Å². The molecule has 4 heteroatoms. The summed E-state index contributed by atoms with van der Waals surface area (Å²) in [4.78, 5) is 3.68. The van der Waals surface area contributed by atoms with Crippen LogP contribution < -0.4 is 4.74 Å². The van der Waals surface area contributed by atoms with E-state index in [2.05, 4.69) is 20.9 Å². The maximum atomic E-state index is 13.0. The molecule has 0 radical (unpaired) electrons. The van der Waals surface area contributed by atoms with Gasteiger partial charge in [-0.25, -0.2) is 0 Å². The van der Waals surface area contributed by atoms with Crippen LogP contribution in [0, 0.1) is 5.95 Å². The highest BCUT2D eigenvalue weighted by atomic mass is 79.9. The zero-order chi connectivity index (χ0) is 13.2. The van der Waals surface area contributed by atoms with Crippen molar-refractivity contribution in [1.29, 1.82) is 0 Å². The summed E-state index contributed by atoms with van der Waals surface area (Å²) in [5.74, 6) is 0.280. The summed E-state index contributed by atoms with van der Waals surface area (Å²) < 4.78 is 19.5. The number of hydrogen-bond acceptors (Lipinski definition) is 2. The average Bonchev–Trinajstić information content (AvgIpc) is 2.42. The van der Waals surface area contributed by atoms with Crippen LogP contribution in [0.2, 0.25) is 0 Å². The molecule has 0 amide bonds. The number of halogens is 2. The van der Waals surface area contributed by atoms with Gasteiger partial charge in [0.2, 0.25) is 11.8 Å². The molecule has 2 aromatic carbocycles. The number of rotatable bonds is 2. The molecular weight excluding hydrogens is 309 g/mol. The topological polar surface area (TPSA) is 22.1 Å². The Hall–Kier alpha value is -1.94. The maximum absolute atomic E-state index is 13.0. The van der Waals surface area contributed by atoms with E-state index in [1.807, 2.05) is 36.4 Å². The first kappa shape index (κ1) is 12.1. The molecule has 0 saturated heterocycles. The molecule has 0 spiro atoms. The number of nitrogens with zero attached hydrogens (tertiary/aromatic N) is 1. The van der Waals surface area contributed by atoms with Gasteiger partial charge in [0.05, 0.1) is 4.47 Å². The monoisotopic (exact) mass is 317 g/mol. The van der Waals surface area contributed by atoms with Gasteiger partial charge in [-0.05, 0) is 38.8 Å². The lowest BCUT2D eigenvalue weighted by atomic mass is 10.1. The summed E-state index contributed by atoms with van der Waals surface area (Å²) in [5.41, 5.74) is 0. The van der Waals surface area contributed by atoms with Gasteiger partial charge in [0.15, 0.2) is 0 Å². The Balaban J connectivity index is 2.04. The van der Waals surface area contributed by atoms with Crippen molar-refractivity contribution < 1.29 is 9.13 Å². The third kappa shape index (κ3) is 2.44. The van der Waals surface area contributed by atoms with Gasteiger partial charge in [0, 0.05) is 6.07 Å². The average molecular weight is 318 g/mol. The largest absolute Gasteiger partial charge is 0.438 e. The SMILES string of the molecule is Fc1cccc(Oc2ccc3ccccc3c2Br)n1. The molecule has 1 aromatic heterocycles. The van der Waals surface area contributed by atoms with Crippen molar-refractivity contribution in [2.75, 3.05) is 0 Å². The van der Waals surface area contributed by atoms with Gasteiger partial charge >= 0.3 is 0 Å². The van der Waals surface area contributed by atoms with Crippen LogP contribution in [0.3, 0.4) is 0 Å². The van der Waals surface area contributed by atoms with Crippen molar-refractivity contribution in [3.8, 4) is 11.6 Å². The standard InChI is InChI=1S/C15H9BrFNO/c16-15-11-5-2-1-4-10(11)8-9-12(15)19-14-7-3-6-13(17)18-14/h1-9H. The molecule has 0 N–H and O–H groups in total. The van der Waals surface area contributed by atoms with E-state index in [0.29, 0.717) is 5.75 Å². The molecule has 2 nitrogen and oxygen atoms in total. The van der Waals surface area contributed by atoms with Crippen molar-refractivity contribution in [2.24, 2.45) is 0 Å². The van der Waals surface area contributed by atoms with Crippen LogP contribution in [-0.4, -0.2) is 4.98 Å². The van der Waals surface area contributed by atoms with Gasteiger partial charge < -0.3 is 4.74 Å². The number of hydrogen-bond donors (Lipinski definition) is 0. The molecule has 19 heavy (non-hydrogen) atoms. The van der Waals surface area contributed by atoms with Crippen LogP contribution in [0.15, 0.2) is 59.1 Å². The Bertz CT molecular complexity index is 745. The summed E-state index contributed by atoms with van der Waals surface area (Å²) in [6.45, 7) is 0. The molecule has 3 rings (SSSR count). The molecule has 0 atom stereocenters. The number of benzene rings is 2. The van der Waals surface area contributed by atoms with Gasteiger partial charge in [-0.2, -0.15) is 9.37 Å². The van der Waals surface area contributed by atoms with Crippen LogP contribution in [0.1, 0.15) is 0 Å². The van der Waals surface area contributed by atoms with Crippen LogP contribution >= 0.6 is 15.9 Å². The second-order valence-electron chi connectivity index (χ2n) is 4.00. The molecule has 94 valence electrons. The number of ether oxygens (including phenoxy) is 1. The molecule has 0 fully saturated rings. The molecule has 0 bridgehead atoms. The van der Waals surface area contributed by atoms with Crippen molar-refractivity contribution in [3.05, 3.63) is 65.0 Å². The van der Waals surface area contributed by atoms with E-state index in [1.165, 1.54) is 6.07 Å². The van der Waals surface area contributed by atoms with Crippen molar-refractivity contribution in [3.63, 3.8) is 0 Å². The molecule has 0 saturated carbocycles. The van der Waals surface area contributed by atoms with Crippen LogP contribution in [0.5, 0.6) is 11.6 Å². The van der Waals surface area contributed by atoms with Gasteiger partial charge in [-0.1, -0.05) is 36.4 Å². The second-order valence-corrected chi connectivity index (χ2v) is 4.79. The Morgan fingerprint density at radius 1 is 0.947 bits per heavy atom. The highest BCUT2D eigenvalue weighted by Crippen LogP contribution is 2.35. The van der Waals surface area contributed by atoms with E-state index >= 15 is 0 Å². The van der Waals surface area contributed by atoms with Gasteiger partial charge in [-0.15, -0.1) is 0 Å². The smallest absolute Gasteiger partial charge is 0.221 e. The first-order valence-corrected chi connectivity index (χ1v) is 6.51. The van der Waals surface area contributed by atoms with Crippen LogP contribution in [0.4, 0.5) is 4.39 Å². The fraction of sp³-hybridized carbons (Fsp3) is 0. The van der Waals surface area contributed by atoms with Gasteiger partial charge in [0.1, 0.15) is 5.75 Å². The van der Waals surface area contributed by atoms with E-state index in [9.17, 15) is 4.39 Å². The van der Waals surface area contributed by atoms with Crippen molar-refractivity contribution in [1.82, 2.24) is 4.98 Å². The Morgan fingerprint density at radius 2 is 1.79 bits per heavy atom. The molecule has 1 heterocycles. The molecule has 0 unspecified atom stereocenters. The molecule has 0 aliphatic rings. The summed E-state index contributed by atoms with van der Waals surface area (Å²) >= 11 is 3.51. The fourth-order valence-corrected chi connectivity index (χ4v) is 2.43. The molecule has 3 aromatic rings. The first-order chi connectivity index (χ1) is 9.24. The minimum absolute atomic E-state index is 0.232. The third-order valence-corrected chi connectivity index (χ3v) is 3.55. The van der Waals surface area contributed by atoms with Crippen LogP contribution in [-0.2, 0) is 0 Å². The Labute approximate surface area is 118 Å². The Morgan fingerprint density at radius 3 is 2.63 bits per heavy atom. The highest BCUT2D eigenvalue weighted by Gasteiger charge is 2.08. The second kappa shape index (κ2) is 4.97. The number of pyridine rings is 1. The summed E-state index contributed by atoms with van der Waals surface area (Å²) in [6.07, 6.45) is 0. The van der Waals surface area contributed by atoms with E-state index in [4.69, 9.17) is 4.74 Å². The number of aromatic nitrogens is 1. The zero-order valence-corrected chi connectivity index (χ0v) is 11.4. The maximum Gasteiger partial charge on any atom is 0.221 e. The highest BCUT2D eigenvalue weighted by molar-refractivity contribution is 9.10. The first-order valence-electron chi connectivity index (χ1n) is 5.72. The fourth-order valence-electron chi connectivity index (χ4n) is 1.85. The normalized spacial score (nSPS) is 10.6. The van der Waals surface area contributed by atoms with E-state index in [1.54, 1.807) is 12.1 Å². The van der Waals surface area contributed by atoms with Gasteiger partial charge in [-0.3, -0.25) is 0 Å². The minimum atomic E-state index is -0.561. The quantitative estimate of drug-likeness (QED) is 0.625. The predicted molar refractivity (Wildman–Crippen MR) is 75.9 cm³/mol. The summed E-state index contributed by atoms with van der Waals surface area (Å²) in [6, 6.07) is 16.2. The van der Waals surface area contributed by atoms with Gasteiger partial charge in [0.25, 0.3) is 0 Å². The Kier molecular flexibility index (Phi) is 3.17. The van der Waals surface area contributed by atoms with E-state index < -0.39 is 5.95 Å². The zero-order valence-electron chi connectivity index (χ0n) is 9.81. The summed E-state index contributed by atoms with van der Waals surface area (Å²) in [5, 5.41) is 2.14. The van der Waals surface area contributed by atoms with E-state index in [-0.39, 0.29) is 5.88 Å². The minimum Gasteiger partial charge on any atom is -0.438 e. The lowest BCUT2D eigenvalue weighted by Gasteiger charge is -2.09. The lowest BCUT2D eigenvalue weighted by Crippen LogP contribution is -1.91. The predicted octanol–water partition coefficient (Wildman–Crippen LogP) is 4.93. The molecule has 0 aliphatic carbocycles. The third-order valence-electron chi connectivity index (χ3n) is 2.73. The summed E-state index contributed by atoms with van der Waals surface area (Å²) in [7, 11) is 0. The van der Waals surface area contributed by atoms with E-state index in [0.717, 1.165) is 15.2 Å². The molecule has 0 aliphatic heterocycles. The van der Waals surface area contributed by atoms with Crippen LogP contribution in [0.25, 0.3) is 10.8 Å². The number of fused-ring (bicyclic) bond motifs is 1.